The predicted octanol–water partition coefficient (Wildman–Crippen LogP) is 7.31. The third kappa shape index (κ3) is 6.54. The van der Waals surface area contributed by atoms with E-state index >= 15 is 0 Å². The van der Waals surface area contributed by atoms with Gasteiger partial charge in [-0.3, -0.25) is 9.36 Å². The number of carbonyl (C=O) groups excluding carboxylic acids is 1. The van der Waals surface area contributed by atoms with Crippen LogP contribution >= 0.6 is 11.8 Å². The molecule has 8 heteroatoms. The van der Waals surface area contributed by atoms with Crippen molar-refractivity contribution in [1.82, 2.24) is 19.7 Å². The van der Waals surface area contributed by atoms with Crippen molar-refractivity contribution >= 4 is 17.7 Å². The highest BCUT2D eigenvalue weighted by molar-refractivity contribution is 7.99. The van der Waals surface area contributed by atoms with Crippen LogP contribution < -0.4 is 4.74 Å². The summed E-state index contributed by atoms with van der Waals surface area (Å²) in [6.07, 6.45) is 5.11. The van der Waals surface area contributed by atoms with Crippen molar-refractivity contribution < 1.29 is 13.9 Å². The second-order valence-electron chi connectivity index (χ2n) is 11.6. The van der Waals surface area contributed by atoms with Gasteiger partial charge in [0.2, 0.25) is 5.91 Å². The standard InChI is InChI=1S/C34H37FN4O2S/c1-24(29-19-27-16-17-28(29)18-27)39-32(22-41-31-15-9-8-14-30(31)35)36-37-34(39)42-23-33(40)38(20-25-10-4-2-5-11-25)21-26-12-6-3-7-13-26/h2-15,24,27-29H,16-23H2,1H3/t24-,27-,28-,29-/m0/s1. The number of aromatic nitrogens is 3. The molecule has 1 amide bonds. The van der Waals surface area contributed by atoms with E-state index < -0.39 is 5.82 Å². The van der Waals surface area contributed by atoms with Gasteiger partial charge in [-0.15, -0.1) is 10.2 Å². The van der Waals surface area contributed by atoms with Gasteiger partial charge < -0.3 is 9.64 Å². The first-order valence-electron chi connectivity index (χ1n) is 14.8. The third-order valence-electron chi connectivity index (χ3n) is 8.86. The van der Waals surface area contributed by atoms with Crippen LogP contribution in [0.2, 0.25) is 0 Å². The first kappa shape index (κ1) is 28.5. The Morgan fingerprint density at radius 3 is 2.24 bits per heavy atom. The van der Waals surface area contributed by atoms with Crippen LogP contribution in [0.25, 0.3) is 0 Å². The van der Waals surface area contributed by atoms with E-state index in [9.17, 15) is 9.18 Å². The van der Waals surface area contributed by atoms with Crippen molar-refractivity contribution in [1.29, 1.82) is 0 Å². The quantitative estimate of drug-likeness (QED) is 0.163. The number of amides is 1. The van der Waals surface area contributed by atoms with Crippen LogP contribution in [0.5, 0.6) is 5.75 Å². The number of ether oxygens (including phenoxy) is 1. The van der Waals surface area contributed by atoms with Crippen LogP contribution in [0.1, 0.15) is 55.6 Å². The predicted molar refractivity (Wildman–Crippen MR) is 162 cm³/mol. The van der Waals surface area contributed by atoms with E-state index in [4.69, 9.17) is 4.74 Å². The molecule has 2 fully saturated rings. The zero-order valence-corrected chi connectivity index (χ0v) is 24.8. The van der Waals surface area contributed by atoms with Crippen LogP contribution in [-0.4, -0.2) is 31.3 Å². The van der Waals surface area contributed by atoms with E-state index in [1.165, 1.54) is 43.5 Å². The number of para-hydroxylation sites is 1. The van der Waals surface area contributed by atoms with Crippen molar-refractivity contribution in [2.24, 2.45) is 17.8 Å². The van der Waals surface area contributed by atoms with E-state index in [1.807, 2.05) is 65.6 Å². The van der Waals surface area contributed by atoms with Crippen LogP contribution in [0.4, 0.5) is 4.39 Å². The van der Waals surface area contributed by atoms with E-state index in [0.717, 1.165) is 17.0 Å². The minimum absolute atomic E-state index is 0.0407. The number of fused-ring (bicyclic) bond motifs is 2. The second kappa shape index (κ2) is 13.1. The Labute approximate surface area is 251 Å². The molecule has 3 aromatic carbocycles. The average molecular weight is 585 g/mol. The number of hydrogen-bond donors (Lipinski definition) is 0. The SMILES string of the molecule is C[C@@H]([C@@H]1C[C@H]2CC[C@H]1C2)n1c(COc2ccccc2F)nnc1SCC(=O)N(Cc1ccccc1)Cc1ccccc1. The lowest BCUT2D eigenvalue weighted by molar-refractivity contribution is -0.129. The molecule has 1 aromatic heterocycles. The highest BCUT2D eigenvalue weighted by Crippen LogP contribution is 2.52. The molecule has 2 aliphatic carbocycles. The maximum absolute atomic E-state index is 14.3. The van der Waals surface area contributed by atoms with Gasteiger partial charge in [0.25, 0.3) is 0 Å². The Kier molecular flexibility index (Phi) is 8.89. The Morgan fingerprint density at radius 1 is 0.952 bits per heavy atom. The number of nitrogens with zero attached hydrogens (tertiary/aromatic N) is 4. The molecular formula is C34H37FN4O2S. The zero-order chi connectivity index (χ0) is 28.9. The van der Waals surface area contributed by atoms with Crippen molar-refractivity contribution in [2.75, 3.05) is 5.75 Å². The molecule has 6 rings (SSSR count). The molecular weight excluding hydrogens is 547 g/mol. The van der Waals surface area contributed by atoms with Gasteiger partial charge in [-0.2, -0.15) is 0 Å². The van der Waals surface area contributed by atoms with Crippen LogP contribution in [0.15, 0.2) is 90.1 Å². The zero-order valence-electron chi connectivity index (χ0n) is 23.9. The highest BCUT2D eigenvalue weighted by Gasteiger charge is 2.43. The van der Waals surface area contributed by atoms with E-state index in [0.29, 0.717) is 35.9 Å². The number of carbonyl (C=O) groups is 1. The smallest absolute Gasteiger partial charge is 0.233 e. The molecule has 218 valence electrons. The Bertz CT molecular complexity index is 1440. The van der Waals surface area contributed by atoms with Gasteiger partial charge in [0, 0.05) is 19.1 Å². The maximum atomic E-state index is 14.3. The lowest BCUT2D eigenvalue weighted by atomic mass is 9.84. The topological polar surface area (TPSA) is 60.2 Å². The number of benzene rings is 3. The Balaban J connectivity index is 1.21. The van der Waals surface area contributed by atoms with Gasteiger partial charge in [0.15, 0.2) is 22.5 Å². The molecule has 42 heavy (non-hydrogen) atoms. The summed E-state index contributed by atoms with van der Waals surface area (Å²) in [7, 11) is 0. The first-order chi connectivity index (χ1) is 20.5. The van der Waals surface area contributed by atoms with Crippen LogP contribution in [0.3, 0.4) is 0 Å². The molecule has 4 atom stereocenters. The molecule has 2 aliphatic rings. The first-order valence-corrected chi connectivity index (χ1v) is 15.8. The lowest BCUT2D eigenvalue weighted by Crippen LogP contribution is -2.31. The van der Waals surface area contributed by atoms with Crippen LogP contribution in [-0.2, 0) is 24.5 Å². The molecule has 0 N–H and O–H groups in total. The Hall–Kier alpha value is -3.65. The van der Waals surface area contributed by atoms with Crippen molar-refractivity contribution in [3.8, 4) is 5.75 Å². The summed E-state index contributed by atoms with van der Waals surface area (Å²) in [5, 5.41) is 9.74. The largest absolute Gasteiger partial charge is 0.483 e. The normalized spacial score (nSPS) is 20.0. The van der Waals surface area contributed by atoms with Crippen molar-refractivity contribution in [3.05, 3.63) is 108 Å². The molecule has 0 saturated heterocycles. The van der Waals surface area contributed by atoms with Crippen molar-refractivity contribution in [2.45, 2.75) is 63.5 Å². The minimum Gasteiger partial charge on any atom is -0.483 e. The fourth-order valence-electron chi connectivity index (χ4n) is 6.75. The summed E-state index contributed by atoms with van der Waals surface area (Å²) >= 11 is 1.43. The lowest BCUT2D eigenvalue weighted by Gasteiger charge is -2.30. The molecule has 0 unspecified atom stereocenters. The van der Waals surface area contributed by atoms with Crippen LogP contribution in [0, 0.1) is 23.6 Å². The Morgan fingerprint density at radius 2 is 1.62 bits per heavy atom. The molecule has 2 saturated carbocycles. The molecule has 4 aromatic rings. The van der Waals surface area contributed by atoms with E-state index in [2.05, 4.69) is 21.7 Å². The molecule has 0 radical (unpaired) electrons. The van der Waals surface area contributed by atoms with E-state index in [-0.39, 0.29) is 30.1 Å². The number of hydrogen-bond acceptors (Lipinski definition) is 5. The van der Waals surface area contributed by atoms with E-state index in [1.54, 1.807) is 18.2 Å². The van der Waals surface area contributed by atoms with Gasteiger partial charge >= 0.3 is 0 Å². The average Bonchev–Trinajstić information content (AvgIpc) is 3.76. The molecule has 1 heterocycles. The maximum Gasteiger partial charge on any atom is 0.233 e. The highest BCUT2D eigenvalue weighted by atomic mass is 32.2. The summed E-state index contributed by atoms with van der Waals surface area (Å²) in [6, 6.07) is 26.7. The summed E-state index contributed by atoms with van der Waals surface area (Å²) in [4.78, 5) is 15.6. The summed E-state index contributed by atoms with van der Waals surface area (Å²) < 4.78 is 22.3. The van der Waals surface area contributed by atoms with Gasteiger partial charge in [-0.05, 0) is 67.2 Å². The van der Waals surface area contributed by atoms with Crippen molar-refractivity contribution in [3.63, 3.8) is 0 Å². The number of thioether (sulfide) groups is 1. The number of rotatable bonds is 12. The summed E-state index contributed by atoms with van der Waals surface area (Å²) in [5.74, 6) is 2.79. The van der Waals surface area contributed by atoms with Gasteiger partial charge in [0.05, 0.1) is 5.75 Å². The number of halogens is 1. The van der Waals surface area contributed by atoms with Gasteiger partial charge in [0.1, 0.15) is 6.61 Å². The summed E-state index contributed by atoms with van der Waals surface area (Å²) in [5.41, 5.74) is 2.18. The molecule has 0 spiro atoms. The third-order valence-corrected chi connectivity index (χ3v) is 9.79. The monoisotopic (exact) mass is 584 g/mol. The van der Waals surface area contributed by atoms with Gasteiger partial charge in [-0.25, -0.2) is 4.39 Å². The van der Waals surface area contributed by atoms with Gasteiger partial charge in [-0.1, -0.05) is 91.0 Å². The summed E-state index contributed by atoms with van der Waals surface area (Å²) in [6.45, 7) is 3.42. The molecule has 2 bridgehead atoms. The fourth-order valence-corrected chi connectivity index (χ4v) is 7.70. The molecule has 6 nitrogen and oxygen atoms in total. The fraction of sp³-hybridized carbons (Fsp3) is 0.382. The molecule has 0 aliphatic heterocycles. The second-order valence-corrected chi connectivity index (χ2v) is 12.5. The minimum atomic E-state index is -0.401.